The zero-order valence-corrected chi connectivity index (χ0v) is 7.36. The number of aromatic hydroxyl groups is 1. The van der Waals surface area contributed by atoms with Gasteiger partial charge in [-0.05, 0) is 12.1 Å². The Kier molecular flexibility index (Phi) is 2.36. The van der Waals surface area contributed by atoms with Crippen molar-refractivity contribution >= 4 is 5.69 Å². The van der Waals surface area contributed by atoms with Gasteiger partial charge in [0.1, 0.15) is 5.75 Å². The molecule has 1 N–H and O–H groups in total. The maximum absolute atomic E-state index is 9.23. The molecular formula is C10H12NO2. The number of ether oxygens (including phenoxy) is 1. The molecule has 1 aliphatic heterocycles. The summed E-state index contributed by atoms with van der Waals surface area (Å²) in [6, 6.07) is 8.12. The first-order chi connectivity index (χ1) is 6.36. The van der Waals surface area contributed by atoms with E-state index in [-0.39, 0.29) is 5.75 Å². The summed E-state index contributed by atoms with van der Waals surface area (Å²) < 4.78 is 5.24. The largest absolute Gasteiger partial charge is 0.507 e. The monoisotopic (exact) mass is 178 g/mol. The van der Waals surface area contributed by atoms with Crippen molar-refractivity contribution in [3.8, 4) is 5.75 Å². The summed E-state index contributed by atoms with van der Waals surface area (Å²) in [4.78, 5) is 2.19. The van der Waals surface area contributed by atoms with E-state index in [1.54, 1.807) is 12.1 Å². The van der Waals surface area contributed by atoms with Crippen molar-refractivity contribution in [2.24, 2.45) is 0 Å². The number of morpholine rings is 1. The van der Waals surface area contributed by atoms with Crippen LogP contribution in [-0.2, 0) is 4.74 Å². The van der Waals surface area contributed by atoms with E-state index in [4.69, 9.17) is 4.74 Å². The number of rotatable bonds is 1. The average molecular weight is 178 g/mol. The molecule has 69 valence electrons. The summed E-state index contributed by atoms with van der Waals surface area (Å²) in [5.41, 5.74) is 1.04. The van der Waals surface area contributed by atoms with Crippen molar-refractivity contribution in [3.63, 3.8) is 0 Å². The maximum atomic E-state index is 9.23. The van der Waals surface area contributed by atoms with E-state index < -0.39 is 0 Å². The lowest BCUT2D eigenvalue weighted by molar-refractivity contribution is 0.122. The predicted octanol–water partition coefficient (Wildman–Crippen LogP) is 1.03. The highest BCUT2D eigenvalue weighted by atomic mass is 16.5. The molecule has 0 bridgehead atoms. The first-order valence-electron chi connectivity index (χ1n) is 4.40. The Morgan fingerprint density at radius 1 is 1.38 bits per heavy atom. The standard InChI is InChI=1S/C10H12NO2/c12-10-3-1-2-9(8-10)11-4-6-13-7-5-11/h1-2,8,12H,4-7H2. The van der Waals surface area contributed by atoms with Crippen LogP contribution >= 0.6 is 0 Å². The van der Waals surface area contributed by atoms with Crippen LogP contribution in [-0.4, -0.2) is 31.4 Å². The van der Waals surface area contributed by atoms with E-state index in [1.807, 2.05) is 6.07 Å². The zero-order chi connectivity index (χ0) is 9.10. The Morgan fingerprint density at radius 2 is 2.15 bits per heavy atom. The van der Waals surface area contributed by atoms with Gasteiger partial charge in [-0.2, -0.15) is 0 Å². The number of hydrogen-bond acceptors (Lipinski definition) is 3. The van der Waals surface area contributed by atoms with Gasteiger partial charge in [-0.3, -0.25) is 0 Å². The smallest absolute Gasteiger partial charge is 0.125 e. The van der Waals surface area contributed by atoms with E-state index in [9.17, 15) is 5.11 Å². The van der Waals surface area contributed by atoms with Gasteiger partial charge in [0.05, 0.1) is 13.2 Å². The van der Waals surface area contributed by atoms with Crippen molar-refractivity contribution in [1.82, 2.24) is 0 Å². The van der Waals surface area contributed by atoms with Crippen LogP contribution in [0.4, 0.5) is 5.69 Å². The number of phenolic OH excluding ortho intramolecular Hbond substituents is 1. The molecule has 0 atom stereocenters. The summed E-state index contributed by atoms with van der Waals surface area (Å²) in [6.45, 7) is 3.31. The van der Waals surface area contributed by atoms with Crippen LogP contribution in [0.5, 0.6) is 5.75 Å². The molecule has 1 aliphatic rings. The Hall–Kier alpha value is -1.22. The lowest BCUT2D eigenvalue weighted by atomic mass is 10.2. The van der Waals surface area contributed by atoms with Crippen molar-refractivity contribution in [2.75, 3.05) is 31.2 Å². The molecule has 3 nitrogen and oxygen atoms in total. The SMILES string of the molecule is Oc1[c]ccc(N2CCOCC2)c1. The number of hydrogen-bond donors (Lipinski definition) is 1. The van der Waals surface area contributed by atoms with Gasteiger partial charge >= 0.3 is 0 Å². The lowest BCUT2D eigenvalue weighted by Gasteiger charge is -2.28. The molecule has 0 amide bonds. The maximum Gasteiger partial charge on any atom is 0.125 e. The van der Waals surface area contributed by atoms with Crippen LogP contribution in [0.1, 0.15) is 0 Å². The molecule has 1 aromatic rings. The minimum atomic E-state index is 0.198. The van der Waals surface area contributed by atoms with Crippen molar-refractivity contribution in [1.29, 1.82) is 0 Å². The highest BCUT2D eigenvalue weighted by Gasteiger charge is 2.10. The third-order valence-electron chi connectivity index (χ3n) is 2.15. The molecule has 0 unspecified atom stereocenters. The number of nitrogens with zero attached hydrogens (tertiary/aromatic N) is 1. The molecule has 1 fully saturated rings. The molecule has 1 aromatic carbocycles. The fourth-order valence-electron chi connectivity index (χ4n) is 1.46. The van der Waals surface area contributed by atoms with E-state index in [0.717, 1.165) is 32.0 Å². The van der Waals surface area contributed by atoms with E-state index in [2.05, 4.69) is 11.0 Å². The molecule has 1 radical (unpaired) electrons. The average Bonchev–Trinajstić information content (AvgIpc) is 2.19. The second-order valence-corrected chi connectivity index (χ2v) is 3.03. The normalized spacial score (nSPS) is 17.4. The number of benzene rings is 1. The molecule has 0 saturated carbocycles. The van der Waals surface area contributed by atoms with E-state index in [1.165, 1.54) is 0 Å². The molecule has 3 heteroatoms. The van der Waals surface area contributed by atoms with Crippen molar-refractivity contribution < 1.29 is 9.84 Å². The number of anilines is 1. The lowest BCUT2D eigenvalue weighted by Crippen LogP contribution is -2.36. The van der Waals surface area contributed by atoms with Crippen molar-refractivity contribution in [2.45, 2.75) is 0 Å². The fraction of sp³-hybridized carbons (Fsp3) is 0.400. The molecule has 13 heavy (non-hydrogen) atoms. The summed E-state index contributed by atoms with van der Waals surface area (Å²) in [5, 5.41) is 9.23. The predicted molar refractivity (Wildman–Crippen MR) is 50.0 cm³/mol. The van der Waals surface area contributed by atoms with Gasteiger partial charge in [-0.25, -0.2) is 0 Å². The molecule has 1 heterocycles. The van der Waals surface area contributed by atoms with Gasteiger partial charge in [0.25, 0.3) is 0 Å². The van der Waals surface area contributed by atoms with Gasteiger partial charge in [-0.15, -0.1) is 0 Å². The van der Waals surface area contributed by atoms with Crippen molar-refractivity contribution in [3.05, 3.63) is 24.3 Å². The molecule has 0 spiro atoms. The van der Waals surface area contributed by atoms with E-state index in [0.29, 0.717) is 0 Å². The third kappa shape index (κ3) is 1.92. The Labute approximate surface area is 77.6 Å². The summed E-state index contributed by atoms with van der Waals surface area (Å²) in [6.07, 6.45) is 0. The second-order valence-electron chi connectivity index (χ2n) is 3.03. The van der Waals surface area contributed by atoms with Crippen LogP contribution in [0.2, 0.25) is 0 Å². The molecule has 0 aliphatic carbocycles. The highest BCUT2D eigenvalue weighted by Crippen LogP contribution is 2.19. The van der Waals surface area contributed by atoms with Gasteiger partial charge in [0, 0.05) is 30.9 Å². The Morgan fingerprint density at radius 3 is 2.85 bits per heavy atom. The van der Waals surface area contributed by atoms with Crippen LogP contribution in [0.15, 0.2) is 18.2 Å². The van der Waals surface area contributed by atoms with Crippen LogP contribution in [0.3, 0.4) is 0 Å². The van der Waals surface area contributed by atoms with Gasteiger partial charge < -0.3 is 14.7 Å². The fourth-order valence-corrected chi connectivity index (χ4v) is 1.46. The van der Waals surface area contributed by atoms with Crippen LogP contribution in [0.25, 0.3) is 0 Å². The Bertz CT molecular complexity index is 282. The van der Waals surface area contributed by atoms with Gasteiger partial charge in [-0.1, -0.05) is 0 Å². The highest BCUT2D eigenvalue weighted by molar-refractivity contribution is 5.50. The molecule has 1 saturated heterocycles. The van der Waals surface area contributed by atoms with E-state index >= 15 is 0 Å². The number of phenols is 1. The molecule has 0 aromatic heterocycles. The first kappa shape index (κ1) is 8.38. The quantitative estimate of drug-likeness (QED) is 0.697. The zero-order valence-electron chi connectivity index (χ0n) is 7.36. The van der Waals surface area contributed by atoms with Gasteiger partial charge in [0.15, 0.2) is 0 Å². The Balaban J connectivity index is 2.14. The summed E-state index contributed by atoms with van der Waals surface area (Å²) >= 11 is 0. The topological polar surface area (TPSA) is 32.7 Å². The second kappa shape index (κ2) is 3.66. The van der Waals surface area contributed by atoms with Crippen LogP contribution < -0.4 is 4.90 Å². The third-order valence-corrected chi connectivity index (χ3v) is 2.15. The minimum Gasteiger partial charge on any atom is -0.507 e. The summed E-state index contributed by atoms with van der Waals surface area (Å²) in [5.74, 6) is 0.198. The molecular weight excluding hydrogens is 166 g/mol. The molecule has 2 rings (SSSR count). The minimum absolute atomic E-state index is 0.198. The van der Waals surface area contributed by atoms with Crippen LogP contribution in [0, 0.1) is 6.07 Å². The van der Waals surface area contributed by atoms with Gasteiger partial charge in [0.2, 0.25) is 0 Å². The first-order valence-corrected chi connectivity index (χ1v) is 4.40. The summed E-state index contributed by atoms with van der Waals surface area (Å²) in [7, 11) is 0.